The third-order valence-electron chi connectivity index (χ3n) is 3.43. The van der Waals surface area contributed by atoms with Crippen LogP contribution >= 0.6 is 0 Å². The molecule has 1 amide bonds. The number of nitrogens with zero attached hydrogens (tertiary/aromatic N) is 1. The SMILES string of the molecule is O=C(O)C1Cc2ccccc2N1C(=O)c1ccc(=O)oc1. The summed E-state index contributed by atoms with van der Waals surface area (Å²) in [5, 5.41) is 9.33. The second-order valence-corrected chi connectivity index (χ2v) is 4.71. The fourth-order valence-electron chi connectivity index (χ4n) is 2.45. The Balaban J connectivity index is 2.05. The van der Waals surface area contributed by atoms with E-state index in [0.717, 1.165) is 17.9 Å². The molecule has 3 rings (SSSR count). The first-order valence-corrected chi connectivity index (χ1v) is 6.31. The Morgan fingerprint density at radius 2 is 1.95 bits per heavy atom. The number of aliphatic carboxylic acids is 1. The molecule has 0 saturated carbocycles. The lowest BCUT2D eigenvalue weighted by molar-refractivity contribution is -0.138. The summed E-state index contributed by atoms with van der Waals surface area (Å²) < 4.78 is 4.67. The highest BCUT2D eigenvalue weighted by Gasteiger charge is 2.38. The Kier molecular flexibility index (Phi) is 3.06. The highest BCUT2D eigenvalue weighted by atomic mass is 16.4. The number of benzene rings is 1. The lowest BCUT2D eigenvalue weighted by atomic mass is 10.1. The van der Waals surface area contributed by atoms with Crippen molar-refractivity contribution in [3.63, 3.8) is 0 Å². The number of amides is 1. The van der Waals surface area contributed by atoms with Gasteiger partial charge < -0.3 is 9.52 Å². The summed E-state index contributed by atoms with van der Waals surface area (Å²) >= 11 is 0. The molecule has 2 heterocycles. The summed E-state index contributed by atoms with van der Waals surface area (Å²) in [6.07, 6.45) is 1.30. The molecule has 1 aromatic heterocycles. The number of fused-ring (bicyclic) bond motifs is 1. The normalized spacial score (nSPS) is 16.6. The van der Waals surface area contributed by atoms with Crippen molar-refractivity contribution in [3.8, 4) is 0 Å². The molecule has 6 heteroatoms. The zero-order valence-electron chi connectivity index (χ0n) is 10.9. The zero-order chi connectivity index (χ0) is 15.0. The Hall–Kier alpha value is -2.89. The smallest absolute Gasteiger partial charge is 0.335 e. The Morgan fingerprint density at radius 1 is 1.19 bits per heavy atom. The first-order valence-electron chi connectivity index (χ1n) is 6.31. The van der Waals surface area contributed by atoms with E-state index in [-0.39, 0.29) is 12.0 Å². The van der Waals surface area contributed by atoms with E-state index in [1.165, 1.54) is 11.0 Å². The summed E-state index contributed by atoms with van der Waals surface area (Å²) in [7, 11) is 0. The molecule has 6 nitrogen and oxygen atoms in total. The topological polar surface area (TPSA) is 87.8 Å². The number of carbonyl (C=O) groups excluding carboxylic acids is 1. The van der Waals surface area contributed by atoms with E-state index in [9.17, 15) is 19.5 Å². The fraction of sp³-hybridized carbons (Fsp3) is 0.133. The van der Waals surface area contributed by atoms with Crippen LogP contribution in [0.25, 0.3) is 0 Å². The van der Waals surface area contributed by atoms with Gasteiger partial charge in [-0.1, -0.05) is 18.2 Å². The molecule has 1 atom stereocenters. The predicted octanol–water partition coefficient (Wildman–Crippen LogP) is 1.30. The minimum atomic E-state index is -1.07. The van der Waals surface area contributed by atoms with E-state index in [1.807, 2.05) is 0 Å². The van der Waals surface area contributed by atoms with E-state index in [0.29, 0.717) is 5.69 Å². The number of anilines is 1. The molecule has 21 heavy (non-hydrogen) atoms. The average Bonchev–Trinajstić information content (AvgIpc) is 2.87. The lowest BCUT2D eigenvalue weighted by Gasteiger charge is -2.22. The van der Waals surface area contributed by atoms with Crippen molar-refractivity contribution >= 4 is 17.6 Å². The maximum Gasteiger partial charge on any atom is 0.335 e. The summed E-state index contributed by atoms with van der Waals surface area (Å²) in [5.41, 5.74) is 0.942. The van der Waals surface area contributed by atoms with E-state index in [2.05, 4.69) is 4.42 Å². The summed E-state index contributed by atoms with van der Waals surface area (Å²) in [6.45, 7) is 0. The minimum absolute atomic E-state index is 0.137. The van der Waals surface area contributed by atoms with Crippen LogP contribution in [0.5, 0.6) is 0 Å². The molecule has 1 aliphatic heterocycles. The van der Waals surface area contributed by atoms with Gasteiger partial charge in [0, 0.05) is 18.2 Å². The van der Waals surface area contributed by atoms with Crippen molar-refractivity contribution in [2.24, 2.45) is 0 Å². The highest BCUT2D eigenvalue weighted by molar-refractivity contribution is 6.10. The highest BCUT2D eigenvalue weighted by Crippen LogP contribution is 2.33. The van der Waals surface area contributed by atoms with Gasteiger partial charge in [0.25, 0.3) is 5.91 Å². The molecule has 0 saturated heterocycles. The van der Waals surface area contributed by atoms with Crippen LogP contribution in [0.2, 0.25) is 0 Å². The molecular weight excluding hydrogens is 274 g/mol. The monoisotopic (exact) mass is 285 g/mol. The lowest BCUT2D eigenvalue weighted by Crippen LogP contribution is -2.42. The first-order chi connectivity index (χ1) is 10.1. The number of para-hydroxylation sites is 1. The number of rotatable bonds is 2. The van der Waals surface area contributed by atoms with Crippen molar-refractivity contribution in [2.45, 2.75) is 12.5 Å². The first kappa shape index (κ1) is 13.1. The van der Waals surface area contributed by atoms with Gasteiger partial charge in [-0.05, 0) is 17.7 Å². The van der Waals surface area contributed by atoms with Crippen LogP contribution in [-0.2, 0) is 11.2 Å². The third kappa shape index (κ3) is 2.20. The van der Waals surface area contributed by atoms with Crippen LogP contribution < -0.4 is 10.5 Å². The van der Waals surface area contributed by atoms with Crippen LogP contribution in [0.4, 0.5) is 5.69 Å². The fourth-order valence-corrected chi connectivity index (χ4v) is 2.45. The number of hydrogen-bond donors (Lipinski definition) is 1. The van der Waals surface area contributed by atoms with Crippen LogP contribution in [-0.4, -0.2) is 23.0 Å². The molecule has 0 spiro atoms. The Labute approximate surface area is 119 Å². The van der Waals surface area contributed by atoms with Crippen molar-refractivity contribution in [1.29, 1.82) is 0 Å². The largest absolute Gasteiger partial charge is 0.480 e. The van der Waals surface area contributed by atoms with Crippen LogP contribution in [0.15, 0.2) is 51.9 Å². The van der Waals surface area contributed by atoms with Crippen molar-refractivity contribution < 1.29 is 19.1 Å². The summed E-state index contributed by atoms with van der Waals surface area (Å²) in [6, 6.07) is 8.54. The van der Waals surface area contributed by atoms with E-state index in [1.54, 1.807) is 24.3 Å². The second kappa shape index (κ2) is 4.90. The van der Waals surface area contributed by atoms with Gasteiger partial charge in [0.15, 0.2) is 0 Å². The van der Waals surface area contributed by atoms with E-state index < -0.39 is 23.5 Å². The van der Waals surface area contributed by atoms with Gasteiger partial charge in [0.05, 0.1) is 5.56 Å². The summed E-state index contributed by atoms with van der Waals surface area (Å²) in [5.74, 6) is -1.58. The molecule has 1 aromatic carbocycles. The van der Waals surface area contributed by atoms with Gasteiger partial charge in [-0.15, -0.1) is 0 Å². The van der Waals surface area contributed by atoms with E-state index in [4.69, 9.17) is 0 Å². The second-order valence-electron chi connectivity index (χ2n) is 4.71. The minimum Gasteiger partial charge on any atom is -0.480 e. The van der Waals surface area contributed by atoms with Gasteiger partial charge in [-0.3, -0.25) is 9.69 Å². The van der Waals surface area contributed by atoms with Gasteiger partial charge in [0.2, 0.25) is 0 Å². The maximum absolute atomic E-state index is 12.5. The van der Waals surface area contributed by atoms with Gasteiger partial charge in [-0.25, -0.2) is 9.59 Å². The maximum atomic E-state index is 12.5. The van der Waals surface area contributed by atoms with E-state index >= 15 is 0 Å². The average molecular weight is 285 g/mol. The van der Waals surface area contributed by atoms with Gasteiger partial charge in [-0.2, -0.15) is 0 Å². The molecule has 2 aromatic rings. The molecule has 0 radical (unpaired) electrons. The zero-order valence-corrected chi connectivity index (χ0v) is 10.9. The molecule has 0 fully saturated rings. The quantitative estimate of drug-likeness (QED) is 0.898. The molecule has 106 valence electrons. The van der Waals surface area contributed by atoms with Gasteiger partial charge in [0.1, 0.15) is 12.3 Å². The van der Waals surface area contributed by atoms with Crippen LogP contribution in [0, 0.1) is 0 Å². The molecule has 0 aliphatic carbocycles. The third-order valence-corrected chi connectivity index (χ3v) is 3.43. The number of carboxylic acids is 1. The van der Waals surface area contributed by atoms with Crippen molar-refractivity contribution in [3.05, 3.63) is 64.2 Å². The molecular formula is C15H11NO5. The number of carbonyl (C=O) groups is 2. The predicted molar refractivity (Wildman–Crippen MR) is 73.4 cm³/mol. The van der Waals surface area contributed by atoms with Crippen molar-refractivity contribution in [2.75, 3.05) is 4.90 Å². The molecule has 0 bridgehead atoms. The molecule has 1 aliphatic rings. The van der Waals surface area contributed by atoms with Crippen LogP contribution in [0.1, 0.15) is 15.9 Å². The Morgan fingerprint density at radius 3 is 2.62 bits per heavy atom. The summed E-state index contributed by atoms with van der Waals surface area (Å²) in [4.78, 5) is 36.1. The number of carboxylic acid groups (broad SMARTS) is 1. The Bertz CT molecular complexity index is 759. The standard InChI is InChI=1S/C15H11NO5/c17-13-6-5-10(8-21-13)14(18)16-11-4-2-1-3-9(11)7-12(16)15(19)20/h1-6,8,12H,7H2,(H,19,20). The van der Waals surface area contributed by atoms with Crippen molar-refractivity contribution in [1.82, 2.24) is 0 Å². The molecule has 1 unspecified atom stereocenters. The van der Waals surface area contributed by atoms with Gasteiger partial charge >= 0.3 is 11.6 Å². The number of hydrogen-bond acceptors (Lipinski definition) is 4. The molecule has 1 N–H and O–H groups in total. The van der Waals surface area contributed by atoms with Crippen LogP contribution in [0.3, 0.4) is 0 Å².